The second kappa shape index (κ2) is 12.7. The highest BCUT2D eigenvalue weighted by Crippen LogP contribution is 2.35. The van der Waals surface area contributed by atoms with E-state index >= 15 is 0 Å². The Morgan fingerprint density at radius 2 is 1.11 bits per heavy atom. The standard InChI is InChI=1S/C31H47NO3/c1-14-23(28(5,6)7)18-20-26(17-4)35-31(12,13)27(33)30(10,11)24(15-2)19-21-25(16-3)34-29(8,9)22-32/h14-21H,1-4,22,32H2,5-13H3/b23-18+,24-19+,25-21+,26-20+. The summed E-state index contributed by atoms with van der Waals surface area (Å²) in [6, 6.07) is 0. The summed E-state index contributed by atoms with van der Waals surface area (Å²) in [5.74, 6) is 0.946. The average molecular weight is 482 g/mol. The van der Waals surface area contributed by atoms with E-state index in [2.05, 4.69) is 47.1 Å². The third kappa shape index (κ3) is 9.73. The number of rotatable bonds is 14. The minimum atomic E-state index is -1.13. The van der Waals surface area contributed by atoms with Gasteiger partial charge in [-0.25, -0.2) is 0 Å². The van der Waals surface area contributed by atoms with Crippen molar-refractivity contribution >= 4 is 5.78 Å². The highest BCUT2D eigenvalue weighted by molar-refractivity contribution is 5.94. The van der Waals surface area contributed by atoms with Crippen molar-refractivity contribution in [1.82, 2.24) is 0 Å². The van der Waals surface area contributed by atoms with Crippen molar-refractivity contribution in [2.24, 2.45) is 16.6 Å². The van der Waals surface area contributed by atoms with E-state index in [-0.39, 0.29) is 11.2 Å². The molecule has 0 radical (unpaired) electrons. The van der Waals surface area contributed by atoms with E-state index in [1.807, 2.05) is 52.0 Å². The molecule has 0 bridgehead atoms. The molecule has 2 N–H and O–H groups in total. The third-order valence-corrected chi connectivity index (χ3v) is 5.66. The average Bonchev–Trinajstić information content (AvgIpc) is 2.76. The summed E-state index contributed by atoms with van der Waals surface area (Å²) in [6.07, 6.45) is 14.0. The molecule has 0 aliphatic heterocycles. The molecule has 0 aromatic carbocycles. The highest BCUT2D eigenvalue weighted by Gasteiger charge is 2.42. The van der Waals surface area contributed by atoms with Crippen LogP contribution in [0.1, 0.15) is 62.3 Å². The van der Waals surface area contributed by atoms with Crippen LogP contribution in [0.15, 0.2) is 97.6 Å². The summed E-state index contributed by atoms with van der Waals surface area (Å²) >= 11 is 0. The van der Waals surface area contributed by atoms with Crippen LogP contribution >= 0.6 is 0 Å². The van der Waals surface area contributed by atoms with Gasteiger partial charge in [-0.1, -0.05) is 71.4 Å². The van der Waals surface area contributed by atoms with Crippen molar-refractivity contribution in [2.45, 2.75) is 73.5 Å². The van der Waals surface area contributed by atoms with E-state index in [1.54, 1.807) is 38.2 Å². The number of carbonyl (C=O) groups is 1. The van der Waals surface area contributed by atoms with E-state index in [0.29, 0.717) is 18.1 Å². The molecule has 0 saturated heterocycles. The summed E-state index contributed by atoms with van der Waals surface area (Å²) in [6.45, 7) is 33.2. The van der Waals surface area contributed by atoms with Crippen molar-refractivity contribution < 1.29 is 14.3 Å². The Hall–Kier alpha value is -2.85. The molecule has 4 nitrogen and oxygen atoms in total. The summed E-state index contributed by atoms with van der Waals surface area (Å²) < 4.78 is 12.1. The Morgan fingerprint density at radius 1 is 0.686 bits per heavy atom. The number of nitrogens with two attached hydrogens (primary N) is 1. The van der Waals surface area contributed by atoms with Crippen LogP contribution in [-0.4, -0.2) is 23.5 Å². The van der Waals surface area contributed by atoms with Gasteiger partial charge in [-0.3, -0.25) is 4.79 Å². The van der Waals surface area contributed by atoms with Crippen LogP contribution in [-0.2, 0) is 14.3 Å². The van der Waals surface area contributed by atoms with Crippen LogP contribution in [0.5, 0.6) is 0 Å². The van der Waals surface area contributed by atoms with E-state index in [4.69, 9.17) is 15.2 Å². The molecule has 4 heteroatoms. The molecule has 194 valence electrons. The maximum Gasteiger partial charge on any atom is 0.185 e. The molecule has 0 aliphatic carbocycles. The van der Waals surface area contributed by atoms with Crippen molar-refractivity contribution in [3.05, 3.63) is 97.6 Å². The van der Waals surface area contributed by atoms with Crippen molar-refractivity contribution in [2.75, 3.05) is 6.54 Å². The Kier molecular flexibility index (Phi) is 11.7. The van der Waals surface area contributed by atoms with Gasteiger partial charge in [-0.05, 0) is 82.4 Å². The van der Waals surface area contributed by atoms with Gasteiger partial charge in [-0.2, -0.15) is 0 Å². The monoisotopic (exact) mass is 481 g/mol. The van der Waals surface area contributed by atoms with Crippen LogP contribution in [0.2, 0.25) is 0 Å². The molecule has 0 rings (SSSR count). The van der Waals surface area contributed by atoms with Gasteiger partial charge in [0.25, 0.3) is 0 Å². The van der Waals surface area contributed by atoms with Crippen molar-refractivity contribution in [3.8, 4) is 0 Å². The lowest BCUT2D eigenvalue weighted by Gasteiger charge is -2.35. The van der Waals surface area contributed by atoms with Gasteiger partial charge in [0.05, 0.1) is 5.41 Å². The molecule has 0 spiro atoms. The molecular formula is C31H47NO3. The summed E-state index contributed by atoms with van der Waals surface area (Å²) in [4.78, 5) is 13.7. The topological polar surface area (TPSA) is 61.5 Å². The Bertz CT molecular complexity index is 929. The molecule has 0 atom stereocenters. The zero-order valence-electron chi connectivity index (χ0n) is 23.5. The van der Waals surface area contributed by atoms with Gasteiger partial charge < -0.3 is 15.2 Å². The molecule has 0 amide bonds. The Morgan fingerprint density at radius 3 is 1.49 bits per heavy atom. The number of ketones is 1. The smallest absolute Gasteiger partial charge is 0.185 e. The minimum absolute atomic E-state index is 0.0671. The van der Waals surface area contributed by atoms with E-state index in [1.165, 1.54) is 0 Å². The molecule has 35 heavy (non-hydrogen) atoms. The number of ether oxygens (including phenoxy) is 2. The molecule has 0 aromatic heterocycles. The van der Waals surface area contributed by atoms with E-state index < -0.39 is 16.6 Å². The lowest BCUT2D eigenvalue weighted by atomic mass is 9.74. The molecule has 0 aromatic rings. The fourth-order valence-electron chi connectivity index (χ4n) is 3.37. The fourth-order valence-corrected chi connectivity index (χ4v) is 3.37. The van der Waals surface area contributed by atoms with E-state index in [0.717, 1.165) is 11.1 Å². The summed E-state index contributed by atoms with van der Waals surface area (Å²) in [5, 5.41) is 0. The molecule has 0 saturated carbocycles. The number of hydrogen-bond acceptors (Lipinski definition) is 4. The maximum absolute atomic E-state index is 13.7. The molecule has 0 aliphatic rings. The zero-order valence-corrected chi connectivity index (χ0v) is 23.5. The first-order valence-corrected chi connectivity index (χ1v) is 11.9. The van der Waals surface area contributed by atoms with Crippen LogP contribution in [0.3, 0.4) is 0 Å². The lowest BCUT2D eigenvalue weighted by molar-refractivity contribution is -0.142. The SMILES string of the molecule is C=C/C(=C\C=C(/C=C)C(C)(C)C(=O)C(C)(C)O/C(C=C)=C/C=C(\C=C)C(C)(C)C)OC(C)(C)CN. The van der Waals surface area contributed by atoms with Gasteiger partial charge in [0.1, 0.15) is 17.1 Å². The second-order valence-electron chi connectivity index (χ2n) is 11.1. The third-order valence-electron chi connectivity index (χ3n) is 5.66. The van der Waals surface area contributed by atoms with Crippen LogP contribution < -0.4 is 5.73 Å². The van der Waals surface area contributed by atoms with Gasteiger partial charge in [0, 0.05) is 6.54 Å². The summed E-state index contributed by atoms with van der Waals surface area (Å²) in [5.41, 5.74) is 4.92. The molecule has 0 unspecified atom stereocenters. The first kappa shape index (κ1) is 32.1. The summed E-state index contributed by atoms with van der Waals surface area (Å²) in [7, 11) is 0. The van der Waals surface area contributed by atoms with Crippen molar-refractivity contribution in [1.29, 1.82) is 0 Å². The highest BCUT2D eigenvalue weighted by atomic mass is 16.5. The maximum atomic E-state index is 13.7. The van der Waals surface area contributed by atoms with Gasteiger partial charge in [0.15, 0.2) is 11.4 Å². The van der Waals surface area contributed by atoms with Crippen molar-refractivity contribution in [3.63, 3.8) is 0 Å². The fraction of sp³-hybridized carbons (Fsp3) is 0.452. The Balaban J connectivity index is 6.11. The molecular weight excluding hydrogens is 434 g/mol. The van der Waals surface area contributed by atoms with Crippen LogP contribution in [0.25, 0.3) is 0 Å². The number of hydrogen-bond donors (Lipinski definition) is 1. The minimum Gasteiger partial charge on any atom is -0.487 e. The first-order valence-electron chi connectivity index (χ1n) is 11.9. The molecule has 0 heterocycles. The number of Topliss-reactive ketones (excluding diaryl/α,β-unsaturated/α-hetero) is 1. The second-order valence-corrected chi connectivity index (χ2v) is 11.1. The normalized spacial score (nSPS) is 14.8. The lowest BCUT2D eigenvalue weighted by Crippen LogP contribution is -2.44. The van der Waals surface area contributed by atoms with Gasteiger partial charge >= 0.3 is 0 Å². The quantitative estimate of drug-likeness (QED) is 0.206. The predicted octanol–water partition coefficient (Wildman–Crippen LogP) is 7.54. The van der Waals surface area contributed by atoms with Crippen LogP contribution in [0, 0.1) is 10.8 Å². The molecule has 0 fully saturated rings. The zero-order chi connectivity index (χ0) is 27.7. The first-order chi connectivity index (χ1) is 15.9. The largest absolute Gasteiger partial charge is 0.487 e. The van der Waals surface area contributed by atoms with E-state index in [9.17, 15) is 4.79 Å². The van der Waals surface area contributed by atoms with Gasteiger partial charge in [-0.15, -0.1) is 0 Å². The number of allylic oxidation sites excluding steroid dienone is 10. The van der Waals surface area contributed by atoms with Gasteiger partial charge in [0.2, 0.25) is 0 Å². The predicted molar refractivity (Wildman–Crippen MR) is 151 cm³/mol. The Labute approximate surface area is 214 Å². The van der Waals surface area contributed by atoms with Crippen LogP contribution in [0.4, 0.5) is 0 Å². The number of carbonyl (C=O) groups excluding carboxylic acids is 1.